The van der Waals surface area contributed by atoms with Gasteiger partial charge in [0.2, 0.25) is 0 Å². The number of non-ortho nitro benzene ring substituents is 1. The largest absolute Gasteiger partial charge is 0.296 e. The van der Waals surface area contributed by atoms with Crippen LogP contribution in [0.25, 0.3) is 0 Å². The van der Waals surface area contributed by atoms with Crippen molar-refractivity contribution < 1.29 is 4.92 Å². The van der Waals surface area contributed by atoms with Gasteiger partial charge in [0.1, 0.15) is 0 Å². The molecule has 1 saturated heterocycles. The average Bonchev–Trinajstić information content (AvgIpc) is 2.44. The quantitative estimate of drug-likeness (QED) is 0.526. The summed E-state index contributed by atoms with van der Waals surface area (Å²) < 4.78 is 2.01. The van der Waals surface area contributed by atoms with Gasteiger partial charge in [-0.25, -0.2) is 0 Å². The van der Waals surface area contributed by atoms with Gasteiger partial charge >= 0.3 is 0 Å². The molecule has 5 nitrogen and oxygen atoms in total. The Morgan fingerprint density at radius 2 is 1.68 bits per heavy atom. The van der Waals surface area contributed by atoms with E-state index in [1.807, 2.05) is 30.3 Å². The molecule has 0 amide bonds. The second-order valence-electron chi connectivity index (χ2n) is 4.15. The Morgan fingerprint density at radius 1 is 1.16 bits per heavy atom. The van der Waals surface area contributed by atoms with E-state index in [9.17, 15) is 10.1 Å². The maximum absolute atomic E-state index is 10.5. The van der Waals surface area contributed by atoms with Gasteiger partial charge in [-0.2, -0.15) is 0 Å². The highest BCUT2D eigenvalue weighted by Gasteiger charge is 2.14. The minimum absolute atomic E-state index is 0.147. The second kappa shape index (κ2) is 8.14. The first kappa shape index (κ1) is 15.9. The van der Waals surface area contributed by atoms with Crippen molar-refractivity contribution in [1.82, 2.24) is 9.21 Å². The van der Waals surface area contributed by atoms with Crippen LogP contribution >= 0.6 is 12.8 Å². The molecule has 1 aromatic rings. The summed E-state index contributed by atoms with van der Waals surface area (Å²) in [6, 6.07) is 6.77. The predicted octanol–water partition coefficient (Wildman–Crippen LogP) is 2.58. The summed E-state index contributed by atoms with van der Waals surface area (Å²) in [6.07, 6.45) is 0. The summed E-state index contributed by atoms with van der Waals surface area (Å²) >= 11 is 4.30. The van der Waals surface area contributed by atoms with Crippen LogP contribution in [0.2, 0.25) is 0 Å². The molecule has 0 spiro atoms. The SMILES string of the molecule is CC.O=[N+]([O-])c1ccc(CN2CCN(S)CC2)cc1. The zero-order chi connectivity index (χ0) is 14.3. The van der Waals surface area contributed by atoms with E-state index in [1.165, 1.54) is 0 Å². The van der Waals surface area contributed by atoms with E-state index in [0.717, 1.165) is 38.3 Å². The van der Waals surface area contributed by atoms with Crippen LogP contribution in [-0.4, -0.2) is 40.3 Å². The van der Waals surface area contributed by atoms with E-state index in [0.29, 0.717) is 0 Å². The van der Waals surface area contributed by atoms with Crippen molar-refractivity contribution in [1.29, 1.82) is 0 Å². The van der Waals surface area contributed by atoms with Crippen LogP contribution in [0, 0.1) is 10.1 Å². The summed E-state index contributed by atoms with van der Waals surface area (Å²) in [4.78, 5) is 12.5. The number of nitrogens with zero attached hydrogens (tertiary/aromatic N) is 3. The highest BCUT2D eigenvalue weighted by molar-refractivity contribution is 7.77. The second-order valence-corrected chi connectivity index (χ2v) is 4.72. The fourth-order valence-corrected chi connectivity index (χ4v) is 2.06. The van der Waals surface area contributed by atoms with Crippen LogP contribution in [-0.2, 0) is 6.54 Å². The normalized spacial score (nSPS) is 16.6. The molecule has 1 aliphatic heterocycles. The molecule has 106 valence electrons. The summed E-state index contributed by atoms with van der Waals surface area (Å²) in [5, 5.41) is 10.5. The summed E-state index contributed by atoms with van der Waals surface area (Å²) in [5.41, 5.74) is 1.26. The fraction of sp³-hybridized carbons (Fsp3) is 0.538. The highest BCUT2D eigenvalue weighted by Crippen LogP contribution is 2.14. The van der Waals surface area contributed by atoms with Gasteiger partial charge in [0, 0.05) is 44.9 Å². The summed E-state index contributed by atoms with van der Waals surface area (Å²) in [7, 11) is 0. The molecule has 0 aromatic heterocycles. The Hall–Kier alpha value is -1.11. The van der Waals surface area contributed by atoms with Gasteiger partial charge in [-0.05, 0) is 5.56 Å². The van der Waals surface area contributed by atoms with Crippen LogP contribution in [0.4, 0.5) is 5.69 Å². The van der Waals surface area contributed by atoms with E-state index in [2.05, 4.69) is 17.7 Å². The molecule has 1 heterocycles. The molecule has 0 radical (unpaired) electrons. The van der Waals surface area contributed by atoms with E-state index in [-0.39, 0.29) is 10.6 Å². The molecular weight excluding hydrogens is 262 g/mol. The van der Waals surface area contributed by atoms with Gasteiger partial charge in [0.15, 0.2) is 0 Å². The standard InChI is InChI=1S/C11H15N3O2S.C2H6/c15-14(16)11-3-1-10(2-4-11)9-12-5-7-13(17)8-6-12;1-2/h1-4,17H,5-9H2;1-2H3. The third-order valence-corrected chi connectivity index (χ3v) is 3.30. The smallest absolute Gasteiger partial charge is 0.269 e. The molecule has 0 saturated carbocycles. The van der Waals surface area contributed by atoms with E-state index in [1.54, 1.807) is 12.1 Å². The minimum atomic E-state index is -0.372. The molecule has 0 atom stereocenters. The molecule has 1 fully saturated rings. The number of thiol groups is 1. The van der Waals surface area contributed by atoms with Crippen molar-refractivity contribution in [2.45, 2.75) is 20.4 Å². The lowest BCUT2D eigenvalue weighted by Gasteiger charge is -2.31. The molecule has 1 aromatic carbocycles. The Bertz CT molecular complexity index is 389. The summed E-state index contributed by atoms with van der Waals surface area (Å²) in [6.45, 7) is 8.73. The van der Waals surface area contributed by atoms with E-state index < -0.39 is 0 Å². The molecule has 0 bridgehead atoms. The third kappa shape index (κ3) is 5.18. The first-order valence-corrected chi connectivity index (χ1v) is 6.94. The summed E-state index contributed by atoms with van der Waals surface area (Å²) in [5.74, 6) is 0. The topological polar surface area (TPSA) is 49.6 Å². The predicted molar refractivity (Wildman–Crippen MR) is 80.3 cm³/mol. The Labute approximate surface area is 119 Å². The van der Waals surface area contributed by atoms with Crippen LogP contribution in [0.5, 0.6) is 0 Å². The average molecular weight is 283 g/mol. The number of rotatable bonds is 3. The van der Waals surface area contributed by atoms with Crippen molar-refractivity contribution in [3.63, 3.8) is 0 Å². The van der Waals surface area contributed by atoms with Crippen LogP contribution in [0.3, 0.4) is 0 Å². The van der Waals surface area contributed by atoms with Crippen molar-refractivity contribution in [3.8, 4) is 0 Å². The molecule has 0 unspecified atom stereocenters. The number of hydrogen-bond acceptors (Lipinski definition) is 5. The zero-order valence-electron chi connectivity index (χ0n) is 11.5. The third-order valence-electron chi connectivity index (χ3n) is 2.90. The number of nitro benzene ring substituents is 1. The molecule has 0 aliphatic carbocycles. The molecule has 6 heteroatoms. The van der Waals surface area contributed by atoms with Gasteiger partial charge in [-0.1, -0.05) is 38.8 Å². The number of piperazine rings is 1. The number of hydrogen-bond donors (Lipinski definition) is 1. The number of nitro groups is 1. The minimum Gasteiger partial charge on any atom is -0.296 e. The Balaban J connectivity index is 0.000000861. The van der Waals surface area contributed by atoms with Crippen molar-refractivity contribution in [2.75, 3.05) is 26.2 Å². The molecule has 2 rings (SSSR count). The van der Waals surface area contributed by atoms with Crippen LogP contribution < -0.4 is 0 Å². The molecular formula is C13H21N3O2S. The molecule has 19 heavy (non-hydrogen) atoms. The van der Waals surface area contributed by atoms with Gasteiger partial charge in [0.25, 0.3) is 5.69 Å². The van der Waals surface area contributed by atoms with E-state index >= 15 is 0 Å². The van der Waals surface area contributed by atoms with Crippen LogP contribution in [0.15, 0.2) is 24.3 Å². The first-order valence-electron chi connectivity index (χ1n) is 6.54. The van der Waals surface area contributed by atoms with Crippen molar-refractivity contribution in [2.24, 2.45) is 0 Å². The zero-order valence-corrected chi connectivity index (χ0v) is 12.3. The van der Waals surface area contributed by atoms with Crippen molar-refractivity contribution in [3.05, 3.63) is 39.9 Å². The molecule has 1 aliphatic rings. The lowest BCUT2D eigenvalue weighted by molar-refractivity contribution is -0.384. The monoisotopic (exact) mass is 283 g/mol. The Kier molecular flexibility index (Phi) is 6.83. The fourth-order valence-electron chi connectivity index (χ4n) is 1.88. The maximum Gasteiger partial charge on any atom is 0.269 e. The first-order chi connectivity index (χ1) is 9.15. The lowest BCUT2D eigenvalue weighted by Crippen LogP contribution is -2.41. The van der Waals surface area contributed by atoms with Gasteiger partial charge in [-0.15, -0.1) is 0 Å². The van der Waals surface area contributed by atoms with Gasteiger partial charge in [-0.3, -0.25) is 19.3 Å². The number of benzene rings is 1. The van der Waals surface area contributed by atoms with Gasteiger partial charge in [0.05, 0.1) is 4.92 Å². The van der Waals surface area contributed by atoms with Crippen LogP contribution in [0.1, 0.15) is 19.4 Å². The van der Waals surface area contributed by atoms with Crippen molar-refractivity contribution >= 4 is 18.5 Å². The lowest BCUT2D eigenvalue weighted by atomic mass is 10.2. The molecule has 0 N–H and O–H groups in total. The highest BCUT2D eigenvalue weighted by atomic mass is 32.1. The van der Waals surface area contributed by atoms with E-state index in [4.69, 9.17) is 0 Å². The van der Waals surface area contributed by atoms with Gasteiger partial charge < -0.3 is 0 Å². The Morgan fingerprint density at radius 3 is 2.16 bits per heavy atom. The maximum atomic E-state index is 10.5.